The van der Waals surface area contributed by atoms with Crippen LogP contribution >= 0.6 is 0 Å². The molecule has 4 heteroatoms. The van der Waals surface area contributed by atoms with Gasteiger partial charge >= 0.3 is 5.97 Å². The summed E-state index contributed by atoms with van der Waals surface area (Å²) in [4.78, 5) is 11.1. The summed E-state index contributed by atoms with van der Waals surface area (Å²) in [7, 11) is 3.10. The van der Waals surface area contributed by atoms with Gasteiger partial charge in [-0.3, -0.25) is 0 Å². The summed E-state index contributed by atoms with van der Waals surface area (Å²) in [5.41, 5.74) is 0.345. The average molecular weight is 201 g/mol. The van der Waals surface area contributed by atoms with Gasteiger partial charge in [-0.05, 0) is 13.8 Å². The van der Waals surface area contributed by atoms with E-state index in [0.29, 0.717) is 12.2 Å². The highest BCUT2D eigenvalue weighted by molar-refractivity contribution is 5.89. The minimum Gasteiger partial charge on any atom is -0.459 e. The van der Waals surface area contributed by atoms with Crippen LogP contribution in [0.4, 0.5) is 0 Å². The van der Waals surface area contributed by atoms with E-state index in [9.17, 15) is 4.79 Å². The molecule has 0 aliphatic heterocycles. The first-order valence-corrected chi connectivity index (χ1v) is 4.32. The van der Waals surface area contributed by atoms with Crippen molar-refractivity contribution in [3.05, 3.63) is 18.6 Å². The fourth-order valence-corrected chi connectivity index (χ4v) is 0.749. The first kappa shape index (κ1) is 13.1. The number of rotatable bonds is 6. The molecule has 0 rings (SSSR count). The molecule has 0 aromatic carbocycles. The largest absolute Gasteiger partial charge is 0.459 e. The molecule has 1 unspecified atom stereocenters. The number of methoxy groups -OCH3 is 2. The van der Waals surface area contributed by atoms with Crippen LogP contribution in [0.2, 0.25) is 0 Å². The van der Waals surface area contributed by atoms with Crippen LogP contribution in [-0.2, 0) is 19.0 Å². The molecule has 0 saturated carbocycles. The summed E-state index contributed by atoms with van der Waals surface area (Å²) < 4.78 is 14.8. The zero-order valence-electron chi connectivity index (χ0n) is 8.91. The monoisotopic (exact) mass is 201 g/mol. The second-order valence-corrected chi connectivity index (χ2v) is 2.73. The predicted molar refractivity (Wildman–Crippen MR) is 52.7 cm³/mol. The van der Waals surface area contributed by atoms with E-state index in [4.69, 9.17) is 14.2 Å². The Balaban J connectivity index is 3.85. The van der Waals surface area contributed by atoms with Crippen LogP contribution in [0.1, 0.15) is 6.92 Å². The van der Waals surface area contributed by atoms with Crippen LogP contribution < -0.4 is 0 Å². The zero-order chi connectivity index (χ0) is 11.0. The summed E-state index contributed by atoms with van der Waals surface area (Å²) in [6.45, 7) is 5.82. The van der Waals surface area contributed by atoms with Gasteiger partial charge in [-0.15, -0.1) is 0 Å². The van der Waals surface area contributed by atoms with Gasteiger partial charge in [0.1, 0.15) is 12.7 Å². The zero-order valence-corrected chi connectivity index (χ0v) is 8.91. The van der Waals surface area contributed by atoms with E-state index in [1.54, 1.807) is 20.1 Å². The van der Waals surface area contributed by atoms with Crippen molar-refractivity contribution < 1.29 is 19.0 Å². The molecule has 14 heavy (non-hydrogen) atoms. The van der Waals surface area contributed by atoms with E-state index in [-0.39, 0.29) is 12.7 Å². The fraction of sp³-hybridized carbons (Fsp3) is 0.600. The maximum Gasteiger partial charge on any atom is 0.333 e. The van der Waals surface area contributed by atoms with E-state index < -0.39 is 5.97 Å². The molecular weight excluding hydrogens is 184 g/mol. The lowest BCUT2D eigenvalue weighted by Crippen LogP contribution is -2.25. The summed E-state index contributed by atoms with van der Waals surface area (Å²) >= 11 is 0. The average Bonchev–Trinajstić information content (AvgIpc) is 2.22. The molecule has 0 aliphatic carbocycles. The second kappa shape index (κ2) is 7.53. The molecule has 0 N–H and O–H groups in total. The fourth-order valence-electron chi connectivity index (χ4n) is 0.749. The number of hydrogen-bond donors (Lipinski definition) is 0. The Labute approximate surface area is 84.8 Å². The van der Waals surface area contributed by atoms with Crippen molar-refractivity contribution in [2.24, 2.45) is 0 Å². The summed E-state index contributed by atoms with van der Waals surface area (Å²) in [6, 6.07) is 0. The van der Waals surface area contributed by atoms with E-state index in [0.717, 1.165) is 0 Å². The highest BCUT2D eigenvalue weighted by Gasteiger charge is 2.11. The van der Waals surface area contributed by atoms with Gasteiger partial charge in [-0.25, -0.2) is 4.79 Å². The highest BCUT2D eigenvalue weighted by atomic mass is 16.6. The normalized spacial score (nSPS) is 13.9. The number of carbonyl (C=O) groups excluding carboxylic acids is 1. The van der Waals surface area contributed by atoms with Crippen molar-refractivity contribution >= 4 is 5.97 Å². The van der Waals surface area contributed by atoms with Crippen molar-refractivity contribution in [3.63, 3.8) is 0 Å². The molecule has 1 radical (unpaired) electrons. The topological polar surface area (TPSA) is 44.8 Å². The molecule has 4 nitrogen and oxygen atoms in total. The molecule has 0 spiro atoms. The van der Waals surface area contributed by atoms with Crippen molar-refractivity contribution in [2.45, 2.75) is 13.0 Å². The first-order valence-electron chi connectivity index (χ1n) is 4.32. The van der Waals surface area contributed by atoms with Gasteiger partial charge in [-0.1, -0.05) is 6.08 Å². The molecular formula is C10H17O4. The Bertz CT molecular complexity index is 198. The smallest absolute Gasteiger partial charge is 0.333 e. The Morgan fingerprint density at radius 1 is 1.43 bits per heavy atom. The van der Waals surface area contributed by atoms with Crippen molar-refractivity contribution in [1.82, 2.24) is 0 Å². The van der Waals surface area contributed by atoms with Crippen LogP contribution in [-0.4, -0.2) is 39.5 Å². The van der Waals surface area contributed by atoms with Crippen LogP contribution in [0.15, 0.2) is 11.6 Å². The quantitative estimate of drug-likeness (QED) is 0.474. The number of allylic oxidation sites excluding steroid dienone is 1. The number of esters is 1. The lowest BCUT2D eigenvalue weighted by atomic mass is 10.3. The van der Waals surface area contributed by atoms with Gasteiger partial charge < -0.3 is 14.2 Å². The van der Waals surface area contributed by atoms with E-state index in [1.807, 2.05) is 0 Å². The van der Waals surface area contributed by atoms with Gasteiger partial charge in [0.2, 0.25) is 0 Å². The molecule has 0 aromatic heterocycles. The second-order valence-electron chi connectivity index (χ2n) is 2.73. The lowest BCUT2D eigenvalue weighted by molar-refractivity contribution is -0.143. The summed E-state index contributed by atoms with van der Waals surface area (Å²) in [6.07, 6.45) is 1.37. The Morgan fingerprint density at radius 3 is 2.50 bits per heavy atom. The maximum absolute atomic E-state index is 11.1. The molecule has 0 saturated heterocycles. The van der Waals surface area contributed by atoms with E-state index >= 15 is 0 Å². The first-order chi connectivity index (χ1) is 6.65. The van der Waals surface area contributed by atoms with Crippen molar-refractivity contribution in [1.29, 1.82) is 0 Å². The Kier molecular flexibility index (Phi) is 7.06. The molecule has 81 valence electrons. The minimum absolute atomic E-state index is 0.177. The molecule has 0 bridgehead atoms. The van der Waals surface area contributed by atoms with Gasteiger partial charge in [-0.2, -0.15) is 0 Å². The van der Waals surface area contributed by atoms with Crippen LogP contribution in [0.5, 0.6) is 0 Å². The number of ether oxygens (including phenoxy) is 3. The molecule has 0 heterocycles. The third-order valence-corrected chi connectivity index (χ3v) is 1.70. The van der Waals surface area contributed by atoms with E-state index in [2.05, 4.69) is 6.92 Å². The van der Waals surface area contributed by atoms with Gasteiger partial charge in [0.05, 0.1) is 6.61 Å². The molecule has 0 aliphatic rings. The van der Waals surface area contributed by atoms with Crippen molar-refractivity contribution in [2.75, 3.05) is 27.4 Å². The van der Waals surface area contributed by atoms with Gasteiger partial charge in [0.15, 0.2) is 0 Å². The maximum atomic E-state index is 11.1. The van der Waals surface area contributed by atoms with E-state index in [1.165, 1.54) is 7.11 Å². The highest BCUT2D eigenvalue weighted by Crippen LogP contribution is 1.98. The minimum atomic E-state index is -0.425. The third-order valence-electron chi connectivity index (χ3n) is 1.70. The number of carbonyl (C=O) groups is 1. The van der Waals surface area contributed by atoms with Crippen LogP contribution in [0, 0.1) is 6.92 Å². The van der Waals surface area contributed by atoms with Crippen molar-refractivity contribution in [3.8, 4) is 0 Å². The summed E-state index contributed by atoms with van der Waals surface area (Å²) in [5.74, 6) is -0.425. The van der Waals surface area contributed by atoms with Crippen LogP contribution in [0.25, 0.3) is 0 Å². The SMILES string of the molecule is [CH2]/C(=C\C)C(=O)OCC(COC)OC. The van der Waals surface area contributed by atoms with Crippen LogP contribution in [0.3, 0.4) is 0 Å². The molecule has 1 atom stereocenters. The third kappa shape index (κ3) is 4.99. The Hall–Kier alpha value is -0.870. The standard InChI is InChI=1S/C10H17O4/c1-5-8(2)10(11)14-7-9(13-4)6-12-3/h5,9H,2,6-7H2,1,3-4H3/b8-5+. The Morgan fingerprint density at radius 2 is 2.07 bits per heavy atom. The van der Waals surface area contributed by atoms with Gasteiger partial charge in [0, 0.05) is 19.8 Å². The molecule has 0 aromatic rings. The molecule has 0 amide bonds. The van der Waals surface area contributed by atoms with Gasteiger partial charge in [0.25, 0.3) is 0 Å². The lowest BCUT2D eigenvalue weighted by Gasteiger charge is -2.14. The summed E-state index contributed by atoms with van der Waals surface area (Å²) in [5, 5.41) is 0. The number of hydrogen-bond acceptors (Lipinski definition) is 4. The molecule has 0 fully saturated rings. The predicted octanol–water partition coefficient (Wildman–Crippen LogP) is 0.971.